The number of rotatable bonds is 6. The van der Waals surface area contributed by atoms with Crippen LogP contribution >= 0.6 is 15.9 Å². The molecule has 3 nitrogen and oxygen atoms in total. The van der Waals surface area contributed by atoms with Gasteiger partial charge in [-0.05, 0) is 31.9 Å². The third-order valence-corrected chi connectivity index (χ3v) is 3.13. The molecule has 0 spiro atoms. The normalized spacial score (nSPS) is 12.0. The summed E-state index contributed by atoms with van der Waals surface area (Å²) in [4.78, 5) is 11.8. The van der Waals surface area contributed by atoms with Crippen molar-refractivity contribution in [3.8, 4) is 5.75 Å². The molecular formula is C13H17BrFNO2. The summed E-state index contributed by atoms with van der Waals surface area (Å²) in [6.45, 7) is 1.90. The van der Waals surface area contributed by atoms with Crippen LogP contribution in [0.3, 0.4) is 0 Å². The van der Waals surface area contributed by atoms with Gasteiger partial charge in [-0.15, -0.1) is 0 Å². The van der Waals surface area contributed by atoms with Gasteiger partial charge < -0.3 is 10.1 Å². The molecule has 0 fully saturated rings. The first-order valence-corrected chi connectivity index (χ1v) is 6.91. The fourth-order valence-corrected chi connectivity index (χ4v) is 1.89. The molecule has 0 aromatic heterocycles. The zero-order valence-electron chi connectivity index (χ0n) is 10.5. The molecule has 5 heteroatoms. The highest BCUT2D eigenvalue weighted by molar-refractivity contribution is 9.09. The smallest absolute Gasteiger partial charge is 0.254 e. The number of alkyl halides is 1. The van der Waals surface area contributed by atoms with Crippen LogP contribution in [0.25, 0.3) is 0 Å². The van der Waals surface area contributed by atoms with E-state index in [9.17, 15) is 9.18 Å². The fraction of sp³-hybridized carbons (Fsp3) is 0.462. The van der Waals surface area contributed by atoms with E-state index in [2.05, 4.69) is 21.2 Å². The Labute approximate surface area is 115 Å². The molecule has 1 aromatic rings. The minimum Gasteiger partial charge on any atom is -0.497 e. The molecule has 1 aromatic carbocycles. The van der Waals surface area contributed by atoms with E-state index in [0.29, 0.717) is 5.75 Å². The van der Waals surface area contributed by atoms with Gasteiger partial charge >= 0.3 is 0 Å². The summed E-state index contributed by atoms with van der Waals surface area (Å²) in [5.74, 6) is -0.562. The molecule has 18 heavy (non-hydrogen) atoms. The number of ether oxygens (including phenoxy) is 1. The van der Waals surface area contributed by atoms with E-state index >= 15 is 0 Å². The first kappa shape index (κ1) is 15.0. The van der Waals surface area contributed by atoms with Crippen LogP contribution in [0.4, 0.5) is 4.39 Å². The SMILES string of the molecule is COc1ccc(C(=O)NC(C)CCCBr)c(F)c1. The van der Waals surface area contributed by atoms with Crippen molar-refractivity contribution in [2.24, 2.45) is 0 Å². The first-order valence-electron chi connectivity index (χ1n) is 5.79. The summed E-state index contributed by atoms with van der Waals surface area (Å²) < 4.78 is 18.5. The summed E-state index contributed by atoms with van der Waals surface area (Å²) in [6, 6.07) is 4.23. The predicted molar refractivity (Wildman–Crippen MR) is 72.9 cm³/mol. The van der Waals surface area contributed by atoms with Crippen LogP contribution in [0.2, 0.25) is 0 Å². The van der Waals surface area contributed by atoms with Crippen LogP contribution in [0.15, 0.2) is 18.2 Å². The maximum Gasteiger partial charge on any atom is 0.254 e. The number of carbonyl (C=O) groups is 1. The van der Waals surface area contributed by atoms with Gasteiger partial charge in [0.05, 0.1) is 12.7 Å². The second-order valence-electron chi connectivity index (χ2n) is 4.05. The van der Waals surface area contributed by atoms with Crippen molar-refractivity contribution < 1.29 is 13.9 Å². The highest BCUT2D eigenvalue weighted by Crippen LogP contribution is 2.16. The molecule has 1 rings (SSSR count). The number of benzene rings is 1. The van der Waals surface area contributed by atoms with E-state index in [4.69, 9.17) is 4.74 Å². The Kier molecular flexibility index (Phi) is 6.12. The zero-order chi connectivity index (χ0) is 13.5. The van der Waals surface area contributed by atoms with Crippen molar-refractivity contribution in [3.63, 3.8) is 0 Å². The van der Waals surface area contributed by atoms with Crippen molar-refractivity contribution >= 4 is 21.8 Å². The lowest BCUT2D eigenvalue weighted by atomic mass is 10.1. The average Bonchev–Trinajstić information content (AvgIpc) is 2.35. The lowest BCUT2D eigenvalue weighted by Crippen LogP contribution is -2.33. The van der Waals surface area contributed by atoms with Gasteiger partial charge in [-0.2, -0.15) is 0 Å². The molecule has 0 aliphatic heterocycles. The molecular weight excluding hydrogens is 301 g/mol. The van der Waals surface area contributed by atoms with E-state index in [0.717, 1.165) is 18.2 Å². The van der Waals surface area contributed by atoms with Crippen molar-refractivity contribution in [1.82, 2.24) is 5.32 Å². The van der Waals surface area contributed by atoms with E-state index < -0.39 is 11.7 Å². The predicted octanol–water partition coefficient (Wildman–Crippen LogP) is 3.13. The monoisotopic (exact) mass is 317 g/mol. The van der Waals surface area contributed by atoms with E-state index in [1.165, 1.54) is 19.2 Å². The number of amides is 1. The summed E-state index contributed by atoms with van der Waals surface area (Å²) >= 11 is 3.33. The molecule has 1 amide bonds. The van der Waals surface area contributed by atoms with Crippen molar-refractivity contribution in [2.75, 3.05) is 12.4 Å². The van der Waals surface area contributed by atoms with E-state index in [1.54, 1.807) is 6.07 Å². The van der Waals surface area contributed by atoms with Gasteiger partial charge in [-0.1, -0.05) is 15.9 Å². The lowest BCUT2D eigenvalue weighted by molar-refractivity contribution is 0.0934. The second kappa shape index (κ2) is 7.36. The maximum absolute atomic E-state index is 13.6. The van der Waals surface area contributed by atoms with E-state index in [-0.39, 0.29) is 11.6 Å². The number of hydrogen-bond donors (Lipinski definition) is 1. The quantitative estimate of drug-likeness (QED) is 0.819. The molecule has 0 bridgehead atoms. The topological polar surface area (TPSA) is 38.3 Å². The molecule has 0 aliphatic carbocycles. The minimum absolute atomic E-state index is 0.0246. The molecule has 0 saturated heterocycles. The molecule has 0 radical (unpaired) electrons. The van der Waals surface area contributed by atoms with Gasteiger partial charge in [0.25, 0.3) is 5.91 Å². The summed E-state index contributed by atoms with van der Waals surface area (Å²) in [6.07, 6.45) is 1.82. The third-order valence-electron chi connectivity index (χ3n) is 2.57. The number of methoxy groups -OCH3 is 1. The minimum atomic E-state index is -0.570. The summed E-state index contributed by atoms with van der Waals surface area (Å²) in [7, 11) is 1.46. The Bertz CT molecular complexity index is 412. The number of carbonyl (C=O) groups excluding carboxylic acids is 1. The molecule has 100 valence electrons. The van der Waals surface area contributed by atoms with E-state index in [1.807, 2.05) is 6.92 Å². The van der Waals surface area contributed by atoms with Gasteiger partial charge in [-0.25, -0.2) is 4.39 Å². The van der Waals surface area contributed by atoms with Crippen LogP contribution in [-0.2, 0) is 0 Å². The lowest BCUT2D eigenvalue weighted by Gasteiger charge is -2.13. The van der Waals surface area contributed by atoms with Crippen molar-refractivity contribution in [2.45, 2.75) is 25.8 Å². The highest BCUT2D eigenvalue weighted by Gasteiger charge is 2.14. The number of nitrogens with one attached hydrogen (secondary N) is 1. The molecule has 0 heterocycles. The number of hydrogen-bond acceptors (Lipinski definition) is 2. The Morgan fingerprint density at radius 2 is 2.28 bits per heavy atom. The van der Waals surface area contributed by atoms with Gasteiger partial charge in [0.2, 0.25) is 0 Å². The highest BCUT2D eigenvalue weighted by atomic mass is 79.9. The molecule has 0 saturated carbocycles. The Morgan fingerprint density at radius 3 is 2.83 bits per heavy atom. The first-order chi connectivity index (χ1) is 8.58. The van der Waals surface area contributed by atoms with Crippen LogP contribution < -0.4 is 10.1 Å². The van der Waals surface area contributed by atoms with Crippen molar-refractivity contribution in [3.05, 3.63) is 29.6 Å². The van der Waals surface area contributed by atoms with Crippen LogP contribution in [0.1, 0.15) is 30.1 Å². The molecule has 0 aliphatic rings. The van der Waals surface area contributed by atoms with Crippen LogP contribution in [0, 0.1) is 5.82 Å². The number of halogens is 2. The Morgan fingerprint density at radius 1 is 1.56 bits per heavy atom. The fourth-order valence-electron chi connectivity index (χ4n) is 1.56. The summed E-state index contributed by atoms with van der Waals surface area (Å²) in [5.41, 5.74) is 0.0430. The molecule has 1 N–H and O–H groups in total. The van der Waals surface area contributed by atoms with Crippen LogP contribution in [0.5, 0.6) is 5.75 Å². The van der Waals surface area contributed by atoms with Crippen LogP contribution in [-0.4, -0.2) is 24.4 Å². The second-order valence-corrected chi connectivity index (χ2v) is 4.84. The van der Waals surface area contributed by atoms with Crippen molar-refractivity contribution in [1.29, 1.82) is 0 Å². The molecule has 1 unspecified atom stereocenters. The largest absolute Gasteiger partial charge is 0.497 e. The van der Waals surface area contributed by atoms with Gasteiger partial charge in [-0.3, -0.25) is 4.79 Å². The van der Waals surface area contributed by atoms with Gasteiger partial charge in [0, 0.05) is 17.4 Å². The Hall–Kier alpha value is -1.10. The summed E-state index contributed by atoms with van der Waals surface area (Å²) in [5, 5.41) is 3.66. The Balaban J connectivity index is 2.66. The zero-order valence-corrected chi connectivity index (χ0v) is 12.1. The molecule has 1 atom stereocenters. The standard InChI is InChI=1S/C13H17BrFNO2/c1-9(4-3-7-14)16-13(17)11-6-5-10(18-2)8-12(11)15/h5-6,8-9H,3-4,7H2,1-2H3,(H,16,17). The van der Waals surface area contributed by atoms with Gasteiger partial charge in [0.15, 0.2) is 0 Å². The average molecular weight is 318 g/mol. The maximum atomic E-state index is 13.6. The van der Waals surface area contributed by atoms with Gasteiger partial charge in [0.1, 0.15) is 11.6 Å². The third kappa shape index (κ3) is 4.29.